The lowest BCUT2D eigenvalue weighted by Crippen LogP contribution is -2.39. The maximum Gasteiger partial charge on any atom is 0.357 e. The number of hydrogen-bond donors (Lipinski definition) is 1. The summed E-state index contributed by atoms with van der Waals surface area (Å²) in [4.78, 5) is 18.9. The van der Waals surface area contributed by atoms with Crippen LogP contribution in [0.5, 0.6) is 0 Å². The van der Waals surface area contributed by atoms with E-state index in [1.165, 1.54) is 32.5 Å². The molecule has 7 heteroatoms. The Kier molecular flexibility index (Phi) is 7.94. The number of piperidine rings is 2. The Labute approximate surface area is 154 Å². The largest absolute Gasteiger partial charge is 0.461 e. The Morgan fingerprint density at radius 3 is 2.71 bits per heavy atom. The molecule has 2 aliphatic rings. The predicted octanol–water partition coefficient (Wildman–Crippen LogP) is 2.92. The van der Waals surface area contributed by atoms with Crippen LogP contribution in [-0.2, 0) is 4.74 Å². The van der Waals surface area contributed by atoms with Crippen LogP contribution in [0.2, 0.25) is 0 Å². The summed E-state index contributed by atoms with van der Waals surface area (Å²) < 4.78 is 5.02. The van der Waals surface area contributed by atoms with Crippen LogP contribution in [0.4, 0.5) is 0 Å². The zero-order valence-corrected chi connectivity index (χ0v) is 16.0. The molecule has 0 amide bonds. The quantitative estimate of drug-likeness (QED) is 0.804. The number of hydrogen-bond acceptors (Lipinski definition) is 6. The SMILES string of the molecule is CCOC(=O)c1csc(C2CCN(CC3CCNCC3)CC2)n1.Cl. The molecule has 0 aliphatic carbocycles. The molecule has 5 nitrogen and oxygen atoms in total. The van der Waals surface area contributed by atoms with Crippen molar-refractivity contribution in [3.63, 3.8) is 0 Å². The van der Waals surface area contributed by atoms with Crippen LogP contribution in [0.25, 0.3) is 0 Å². The van der Waals surface area contributed by atoms with E-state index in [0.29, 0.717) is 18.2 Å². The summed E-state index contributed by atoms with van der Waals surface area (Å²) in [6, 6.07) is 0. The van der Waals surface area contributed by atoms with Crippen LogP contribution in [0.1, 0.15) is 54.0 Å². The molecular formula is C17H28ClN3O2S. The maximum absolute atomic E-state index is 11.7. The van der Waals surface area contributed by atoms with Gasteiger partial charge >= 0.3 is 5.97 Å². The van der Waals surface area contributed by atoms with Crippen LogP contribution in [0.15, 0.2) is 5.38 Å². The van der Waals surface area contributed by atoms with Crippen molar-refractivity contribution in [3.05, 3.63) is 16.1 Å². The van der Waals surface area contributed by atoms with E-state index < -0.39 is 0 Å². The number of carbonyl (C=O) groups is 1. The van der Waals surface area contributed by atoms with Crippen LogP contribution in [-0.4, -0.2) is 55.2 Å². The molecule has 2 aliphatic heterocycles. The first kappa shape index (κ1) is 19.6. The van der Waals surface area contributed by atoms with Gasteiger partial charge in [0.2, 0.25) is 0 Å². The van der Waals surface area contributed by atoms with E-state index in [1.54, 1.807) is 11.3 Å². The summed E-state index contributed by atoms with van der Waals surface area (Å²) in [6.07, 6.45) is 4.94. The zero-order valence-electron chi connectivity index (χ0n) is 14.3. The van der Waals surface area contributed by atoms with Crippen LogP contribution in [0, 0.1) is 5.92 Å². The zero-order chi connectivity index (χ0) is 16.1. The lowest BCUT2D eigenvalue weighted by molar-refractivity contribution is 0.0520. The molecule has 24 heavy (non-hydrogen) atoms. The number of halogens is 1. The van der Waals surface area contributed by atoms with E-state index in [4.69, 9.17) is 4.74 Å². The number of rotatable bonds is 5. The predicted molar refractivity (Wildman–Crippen MR) is 99.3 cm³/mol. The van der Waals surface area contributed by atoms with Gasteiger partial charge in [0.05, 0.1) is 11.6 Å². The van der Waals surface area contributed by atoms with Gasteiger partial charge in [0.25, 0.3) is 0 Å². The first-order valence-electron chi connectivity index (χ1n) is 8.82. The van der Waals surface area contributed by atoms with Crippen molar-refractivity contribution in [1.29, 1.82) is 0 Å². The number of thiazole rings is 1. The number of nitrogens with one attached hydrogen (secondary N) is 1. The van der Waals surface area contributed by atoms with Gasteiger partial charge in [0.15, 0.2) is 5.69 Å². The van der Waals surface area contributed by atoms with Crippen molar-refractivity contribution in [2.24, 2.45) is 5.92 Å². The normalized spacial score (nSPS) is 20.5. The molecule has 0 aromatic carbocycles. The molecule has 3 rings (SSSR count). The third kappa shape index (κ3) is 5.15. The highest BCUT2D eigenvalue weighted by Gasteiger charge is 2.26. The Morgan fingerprint density at radius 1 is 1.33 bits per heavy atom. The highest BCUT2D eigenvalue weighted by Crippen LogP contribution is 2.31. The fourth-order valence-corrected chi connectivity index (χ4v) is 4.53. The molecule has 0 spiro atoms. The maximum atomic E-state index is 11.7. The average Bonchev–Trinajstić information content (AvgIpc) is 3.07. The molecule has 0 atom stereocenters. The highest BCUT2D eigenvalue weighted by molar-refractivity contribution is 7.09. The van der Waals surface area contributed by atoms with Crippen molar-refractivity contribution in [2.45, 2.75) is 38.5 Å². The molecule has 0 bridgehead atoms. The summed E-state index contributed by atoms with van der Waals surface area (Å²) >= 11 is 1.61. The number of esters is 1. The minimum atomic E-state index is -0.293. The van der Waals surface area contributed by atoms with Crippen LogP contribution in [0.3, 0.4) is 0 Å². The van der Waals surface area contributed by atoms with Crippen molar-refractivity contribution >= 4 is 29.7 Å². The van der Waals surface area contributed by atoms with Gasteiger partial charge in [-0.2, -0.15) is 0 Å². The summed E-state index contributed by atoms with van der Waals surface area (Å²) in [5.41, 5.74) is 0.476. The van der Waals surface area contributed by atoms with Crippen LogP contribution >= 0.6 is 23.7 Å². The van der Waals surface area contributed by atoms with Gasteiger partial charge in [-0.15, -0.1) is 23.7 Å². The molecule has 1 N–H and O–H groups in total. The van der Waals surface area contributed by atoms with Crippen LogP contribution < -0.4 is 5.32 Å². The Bertz CT molecular complexity index is 512. The van der Waals surface area contributed by atoms with Gasteiger partial charge in [-0.3, -0.25) is 0 Å². The molecule has 3 heterocycles. The molecule has 2 saturated heterocycles. The molecular weight excluding hydrogens is 346 g/mol. The number of ether oxygens (including phenoxy) is 1. The fraction of sp³-hybridized carbons (Fsp3) is 0.765. The summed E-state index contributed by atoms with van der Waals surface area (Å²) in [5.74, 6) is 1.08. The molecule has 1 aromatic heterocycles. The second kappa shape index (κ2) is 9.70. The van der Waals surface area contributed by atoms with E-state index in [1.807, 2.05) is 12.3 Å². The monoisotopic (exact) mass is 373 g/mol. The number of carbonyl (C=O) groups excluding carboxylic acids is 1. The van der Waals surface area contributed by atoms with Gasteiger partial charge in [0.1, 0.15) is 0 Å². The van der Waals surface area contributed by atoms with Gasteiger partial charge < -0.3 is 15.0 Å². The Morgan fingerprint density at radius 2 is 2.04 bits per heavy atom. The molecule has 0 saturated carbocycles. The minimum Gasteiger partial charge on any atom is -0.461 e. The third-order valence-corrected chi connectivity index (χ3v) is 5.93. The summed E-state index contributed by atoms with van der Waals surface area (Å²) in [6.45, 7) is 8.14. The van der Waals surface area contributed by atoms with Gasteiger partial charge in [-0.1, -0.05) is 0 Å². The molecule has 0 unspecified atom stereocenters. The standard InChI is InChI=1S/C17H27N3O2S.ClH/c1-2-22-17(21)15-12-23-16(19-15)14-5-9-20(10-6-14)11-13-3-7-18-8-4-13;/h12-14,18H,2-11H2,1H3;1H. The smallest absolute Gasteiger partial charge is 0.357 e. The first-order valence-corrected chi connectivity index (χ1v) is 9.70. The fourth-order valence-electron chi connectivity index (χ4n) is 3.57. The minimum absolute atomic E-state index is 0. The second-order valence-electron chi connectivity index (χ2n) is 6.56. The van der Waals surface area contributed by atoms with Gasteiger partial charge in [-0.25, -0.2) is 9.78 Å². The van der Waals surface area contributed by atoms with E-state index in [2.05, 4.69) is 15.2 Å². The second-order valence-corrected chi connectivity index (χ2v) is 7.45. The topological polar surface area (TPSA) is 54.5 Å². The molecule has 0 radical (unpaired) electrons. The highest BCUT2D eigenvalue weighted by atomic mass is 35.5. The summed E-state index contributed by atoms with van der Waals surface area (Å²) in [5, 5.41) is 6.39. The molecule has 2 fully saturated rings. The first-order chi connectivity index (χ1) is 11.3. The van der Waals surface area contributed by atoms with Gasteiger partial charge in [0, 0.05) is 17.8 Å². The van der Waals surface area contributed by atoms with Gasteiger partial charge in [-0.05, 0) is 64.7 Å². The van der Waals surface area contributed by atoms with E-state index in [0.717, 1.165) is 36.9 Å². The number of nitrogens with zero attached hydrogens (tertiary/aromatic N) is 2. The third-order valence-electron chi connectivity index (χ3n) is 4.92. The summed E-state index contributed by atoms with van der Waals surface area (Å²) in [7, 11) is 0. The Hall–Kier alpha value is -0.690. The lowest BCUT2D eigenvalue weighted by atomic mass is 9.93. The molecule has 136 valence electrons. The lowest BCUT2D eigenvalue weighted by Gasteiger charge is -2.34. The van der Waals surface area contributed by atoms with Crippen molar-refractivity contribution < 1.29 is 9.53 Å². The molecule has 1 aromatic rings. The number of aromatic nitrogens is 1. The van der Waals surface area contributed by atoms with E-state index >= 15 is 0 Å². The van der Waals surface area contributed by atoms with E-state index in [9.17, 15) is 4.79 Å². The van der Waals surface area contributed by atoms with Crippen molar-refractivity contribution in [2.75, 3.05) is 39.3 Å². The number of likely N-dealkylation sites (tertiary alicyclic amines) is 1. The average molecular weight is 374 g/mol. The van der Waals surface area contributed by atoms with Crippen molar-refractivity contribution in [3.8, 4) is 0 Å². The van der Waals surface area contributed by atoms with E-state index in [-0.39, 0.29) is 18.4 Å². The Balaban J connectivity index is 0.00000208. The van der Waals surface area contributed by atoms with Crippen molar-refractivity contribution in [1.82, 2.24) is 15.2 Å².